The van der Waals surface area contributed by atoms with Crippen LogP contribution in [0.25, 0.3) is 0 Å². The van der Waals surface area contributed by atoms with Gasteiger partial charge in [0.2, 0.25) is 0 Å². The molecule has 0 saturated heterocycles. The van der Waals surface area contributed by atoms with Gasteiger partial charge in [-0.2, -0.15) is 0 Å². The molecule has 0 heterocycles. The summed E-state index contributed by atoms with van der Waals surface area (Å²) in [5.74, 6) is 0.409. The molecule has 0 aliphatic rings. The Bertz CT molecular complexity index is 359. The first-order valence-electron chi connectivity index (χ1n) is 5.69. The molecule has 1 unspecified atom stereocenters. The van der Waals surface area contributed by atoms with E-state index in [1.165, 1.54) is 11.1 Å². The van der Waals surface area contributed by atoms with E-state index >= 15 is 0 Å². The Morgan fingerprint density at radius 3 is 2.12 bits per heavy atom. The largest absolute Gasteiger partial charge is 0.393 e. The van der Waals surface area contributed by atoms with Gasteiger partial charge in [0.25, 0.3) is 0 Å². The van der Waals surface area contributed by atoms with Crippen LogP contribution in [0.5, 0.6) is 0 Å². The number of hydrogen-bond acceptors (Lipinski definition) is 1. The summed E-state index contributed by atoms with van der Waals surface area (Å²) in [6.07, 6.45) is 0.782. The Kier molecular flexibility index (Phi) is 4.09. The van der Waals surface area contributed by atoms with Crippen molar-refractivity contribution >= 4 is 17.2 Å². The minimum atomic E-state index is 0.213. The van der Waals surface area contributed by atoms with Crippen molar-refractivity contribution in [2.24, 2.45) is 5.73 Å². The van der Waals surface area contributed by atoms with Gasteiger partial charge in [-0.25, -0.2) is 0 Å². The highest BCUT2D eigenvalue weighted by atomic mass is 32.1. The van der Waals surface area contributed by atoms with Crippen molar-refractivity contribution < 1.29 is 0 Å². The molecule has 1 rings (SSSR count). The van der Waals surface area contributed by atoms with Crippen molar-refractivity contribution in [3.05, 3.63) is 35.4 Å². The summed E-state index contributed by atoms with van der Waals surface area (Å²) in [4.78, 5) is 0.590. The SMILES string of the molecule is CC(CC(N)=S)c1ccc(C(C)(C)C)cc1. The molecule has 2 N–H and O–H groups in total. The molecule has 0 spiro atoms. The van der Waals surface area contributed by atoms with Crippen molar-refractivity contribution in [3.8, 4) is 0 Å². The third-order valence-electron chi connectivity index (χ3n) is 2.85. The monoisotopic (exact) mass is 235 g/mol. The van der Waals surface area contributed by atoms with Gasteiger partial charge >= 0.3 is 0 Å². The lowest BCUT2D eigenvalue weighted by atomic mass is 9.85. The summed E-state index contributed by atoms with van der Waals surface area (Å²) in [5, 5.41) is 0. The van der Waals surface area contributed by atoms with E-state index in [2.05, 4.69) is 52.0 Å². The van der Waals surface area contributed by atoms with Gasteiger partial charge in [-0.15, -0.1) is 0 Å². The van der Waals surface area contributed by atoms with Gasteiger partial charge in [-0.1, -0.05) is 64.2 Å². The molecule has 0 aliphatic heterocycles. The maximum atomic E-state index is 5.56. The third-order valence-corrected chi connectivity index (χ3v) is 3.02. The van der Waals surface area contributed by atoms with Crippen LogP contribution in [-0.2, 0) is 5.41 Å². The Hall–Kier alpha value is -0.890. The first-order chi connectivity index (χ1) is 7.30. The van der Waals surface area contributed by atoms with Crippen LogP contribution >= 0.6 is 12.2 Å². The Labute approximate surface area is 104 Å². The fourth-order valence-corrected chi connectivity index (χ4v) is 1.98. The fourth-order valence-electron chi connectivity index (χ4n) is 1.73. The van der Waals surface area contributed by atoms with Crippen LogP contribution in [0.2, 0.25) is 0 Å². The molecule has 0 amide bonds. The number of nitrogens with two attached hydrogens (primary N) is 1. The first kappa shape index (κ1) is 13.2. The van der Waals surface area contributed by atoms with Crippen LogP contribution in [0.3, 0.4) is 0 Å². The number of hydrogen-bond donors (Lipinski definition) is 1. The predicted molar refractivity (Wildman–Crippen MR) is 75.0 cm³/mol. The maximum absolute atomic E-state index is 5.56. The van der Waals surface area contributed by atoms with Crippen LogP contribution < -0.4 is 5.73 Å². The summed E-state index contributed by atoms with van der Waals surface area (Å²) in [6, 6.07) is 8.77. The molecule has 2 heteroatoms. The van der Waals surface area contributed by atoms with Gasteiger partial charge in [0.1, 0.15) is 0 Å². The molecular formula is C14H21NS. The highest BCUT2D eigenvalue weighted by Gasteiger charge is 2.14. The lowest BCUT2D eigenvalue weighted by Crippen LogP contribution is -2.13. The van der Waals surface area contributed by atoms with E-state index in [1.807, 2.05) is 0 Å². The van der Waals surface area contributed by atoms with E-state index in [0.717, 1.165) is 6.42 Å². The summed E-state index contributed by atoms with van der Waals surface area (Å²) in [7, 11) is 0. The predicted octanol–water partition coefficient (Wildman–Crippen LogP) is 3.76. The van der Waals surface area contributed by atoms with E-state index in [1.54, 1.807) is 0 Å². The minimum absolute atomic E-state index is 0.213. The molecule has 16 heavy (non-hydrogen) atoms. The standard InChI is InChI=1S/C14H21NS/c1-10(9-13(15)16)11-5-7-12(8-6-11)14(2,3)4/h5-8,10H,9H2,1-4H3,(H2,15,16). The Morgan fingerprint density at radius 1 is 1.25 bits per heavy atom. The van der Waals surface area contributed by atoms with E-state index < -0.39 is 0 Å². The number of thiocarbonyl (C=S) groups is 1. The van der Waals surface area contributed by atoms with Crippen LogP contribution in [0, 0.1) is 0 Å². The van der Waals surface area contributed by atoms with Crippen molar-refractivity contribution in [2.45, 2.75) is 45.4 Å². The maximum Gasteiger partial charge on any atom is 0.0733 e. The quantitative estimate of drug-likeness (QED) is 0.807. The fraction of sp³-hybridized carbons (Fsp3) is 0.500. The third kappa shape index (κ3) is 3.60. The number of rotatable bonds is 3. The topological polar surface area (TPSA) is 26.0 Å². The van der Waals surface area contributed by atoms with Gasteiger partial charge < -0.3 is 5.73 Å². The zero-order valence-corrected chi connectivity index (χ0v) is 11.4. The molecule has 1 atom stereocenters. The van der Waals surface area contributed by atoms with Gasteiger partial charge in [0, 0.05) is 6.42 Å². The number of benzene rings is 1. The summed E-state index contributed by atoms with van der Waals surface area (Å²) >= 11 is 4.93. The van der Waals surface area contributed by atoms with Gasteiger partial charge in [0.15, 0.2) is 0 Å². The lowest BCUT2D eigenvalue weighted by molar-refractivity contribution is 0.589. The molecule has 1 nitrogen and oxygen atoms in total. The highest BCUT2D eigenvalue weighted by Crippen LogP contribution is 2.25. The van der Waals surface area contributed by atoms with E-state index in [4.69, 9.17) is 18.0 Å². The van der Waals surface area contributed by atoms with Crippen molar-refractivity contribution in [3.63, 3.8) is 0 Å². The Morgan fingerprint density at radius 2 is 1.75 bits per heavy atom. The van der Waals surface area contributed by atoms with Crippen LogP contribution in [0.15, 0.2) is 24.3 Å². The smallest absolute Gasteiger partial charge is 0.0733 e. The second-order valence-electron chi connectivity index (χ2n) is 5.44. The van der Waals surface area contributed by atoms with E-state index in [-0.39, 0.29) is 5.41 Å². The van der Waals surface area contributed by atoms with Crippen LogP contribution in [0.1, 0.15) is 51.2 Å². The molecule has 0 bridgehead atoms. The first-order valence-corrected chi connectivity index (χ1v) is 6.10. The molecular weight excluding hydrogens is 214 g/mol. The molecule has 0 aliphatic carbocycles. The molecule has 0 saturated carbocycles. The van der Waals surface area contributed by atoms with Gasteiger partial charge in [-0.05, 0) is 22.5 Å². The van der Waals surface area contributed by atoms with Gasteiger partial charge in [0.05, 0.1) is 4.99 Å². The summed E-state index contributed by atoms with van der Waals surface area (Å²) < 4.78 is 0. The summed E-state index contributed by atoms with van der Waals surface area (Å²) in [6.45, 7) is 8.83. The van der Waals surface area contributed by atoms with Crippen LogP contribution in [0.4, 0.5) is 0 Å². The second-order valence-corrected chi connectivity index (χ2v) is 5.97. The average molecular weight is 235 g/mol. The van der Waals surface area contributed by atoms with Gasteiger partial charge in [-0.3, -0.25) is 0 Å². The van der Waals surface area contributed by atoms with Crippen molar-refractivity contribution in [2.75, 3.05) is 0 Å². The van der Waals surface area contributed by atoms with Crippen molar-refractivity contribution in [1.82, 2.24) is 0 Å². The van der Waals surface area contributed by atoms with E-state index in [0.29, 0.717) is 10.9 Å². The van der Waals surface area contributed by atoms with Crippen LogP contribution in [-0.4, -0.2) is 4.99 Å². The minimum Gasteiger partial charge on any atom is -0.393 e. The van der Waals surface area contributed by atoms with E-state index in [9.17, 15) is 0 Å². The molecule has 1 aromatic carbocycles. The Balaban J connectivity index is 2.83. The second kappa shape index (κ2) is 4.96. The molecule has 1 aromatic rings. The molecule has 0 radical (unpaired) electrons. The normalized spacial score (nSPS) is 13.5. The molecule has 0 fully saturated rings. The average Bonchev–Trinajstić information content (AvgIpc) is 2.15. The summed E-state index contributed by atoms with van der Waals surface area (Å²) in [5.41, 5.74) is 8.44. The zero-order chi connectivity index (χ0) is 12.3. The lowest BCUT2D eigenvalue weighted by Gasteiger charge is -2.20. The molecule has 88 valence electrons. The highest BCUT2D eigenvalue weighted by molar-refractivity contribution is 7.80. The zero-order valence-electron chi connectivity index (χ0n) is 10.6. The van der Waals surface area contributed by atoms with Crippen molar-refractivity contribution in [1.29, 1.82) is 0 Å². The molecule has 0 aromatic heterocycles.